The van der Waals surface area contributed by atoms with Crippen LogP contribution >= 0.6 is 23.5 Å². The topological polar surface area (TPSA) is 51.0 Å². The minimum atomic E-state index is -0.234. The number of carbonyl (C=O) groups is 1. The number of benzene rings is 2. The average Bonchev–Trinajstić information content (AvgIpc) is 3.08. The van der Waals surface area contributed by atoms with Gasteiger partial charge in [-0.2, -0.15) is 0 Å². The Morgan fingerprint density at radius 1 is 1.12 bits per heavy atom. The van der Waals surface area contributed by atoms with Crippen LogP contribution in [0.1, 0.15) is 13.3 Å². The number of para-hydroxylation sites is 2. The van der Waals surface area contributed by atoms with Crippen molar-refractivity contribution in [2.45, 2.75) is 33.5 Å². The Hall–Kier alpha value is -2.25. The van der Waals surface area contributed by atoms with E-state index in [1.54, 1.807) is 18.1 Å². The van der Waals surface area contributed by atoms with Crippen LogP contribution in [0.3, 0.4) is 0 Å². The molecule has 1 aromatic heterocycles. The molecule has 132 valence electrons. The van der Waals surface area contributed by atoms with Crippen molar-refractivity contribution in [3.63, 3.8) is 0 Å². The third-order valence-electron chi connectivity index (χ3n) is 4.22. The van der Waals surface area contributed by atoms with Gasteiger partial charge in [0.25, 0.3) is 0 Å². The van der Waals surface area contributed by atoms with Crippen molar-refractivity contribution in [2.75, 3.05) is 4.90 Å². The number of nitrogens with zero attached hydrogens (tertiary/aromatic N) is 4. The first-order valence-corrected chi connectivity index (χ1v) is 10.1. The fraction of sp³-hybridized carbons (Fsp3) is 0.211. The predicted molar refractivity (Wildman–Crippen MR) is 105 cm³/mol. The van der Waals surface area contributed by atoms with E-state index < -0.39 is 0 Å². The highest BCUT2D eigenvalue weighted by molar-refractivity contribution is 8.00. The molecule has 1 atom stereocenters. The number of aromatic nitrogens is 3. The molecule has 2 aromatic carbocycles. The number of thioether (sulfide) groups is 1. The predicted octanol–water partition coefficient (Wildman–Crippen LogP) is 4.52. The largest absolute Gasteiger partial charge is 0.312 e. The van der Waals surface area contributed by atoms with Gasteiger partial charge in [-0.15, -0.1) is 10.2 Å². The van der Waals surface area contributed by atoms with Gasteiger partial charge in [-0.25, -0.2) is 0 Å². The Kier molecular flexibility index (Phi) is 4.74. The molecule has 1 amide bonds. The van der Waals surface area contributed by atoms with Crippen LogP contribution in [-0.4, -0.2) is 25.9 Å². The van der Waals surface area contributed by atoms with Gasteiger partial charge in [-0.05, 0) is 30.7 Å². The molecule has 3 aromatic rings. The molecule has 0 unspecified atom stereocenters. The molecule has 2 heterocycles. The zero-order chi connectivity index (χ0) is 18.1. The molecule has 0 bridgehead atoms. The zero-order valence-corrected chi connectivity index (χ0v) is 16.1. The van der Waals surface area contributed by atoms with Crippen molar-refractivity contribution < 1.29 is 4.79 Å². The normalized spacial score (nSPS) is 13.8. The molecule has 0 spiro atoms. The highest BCUT2D eigenvalue weighted by atomic mass is 32.2. The van der Waals surface area contributed by atoms with Gasteiger partial charge in [-0.3, -0.25) is 9.69 Å². The van der Waals surface area contributed by atoms with E-state index >= 15 is 0 Å². The maximum atomic E-state index is 13.5. The van der Waals surface area contributed by atoms with E-state index in [0.717, 1.165) is 26.3 Å². The number of aryl methyl sites for hydroxylation is 1. The minimum absolute atomic E-state index is 0.0701. The maximum absolute atomic E-state index is 13.5. The quantitative estimate of drug-likeness (QED) is 0.621. The number of anilines is 2. The van der Waals surface area contributed by atoms with Gasteiger partial charge in [0.2, 0.25) is 5.91 Å². The van der Waals surface area contributed by atoms with E-state index in [1.807, 2.05) is 59.8 Å². The van der Waals surface area contributed by atoms with Crippen molar-refractivity contribution in [2.24, 2.45) is 7.05 Å². The van der Waals surface area contributed by atoms with Gasteiger partial charge in [0.15, 0.2) is 5.16 Å². The van der Waals surface area contributed by atoms with Crippen LogP contribution in [0.25, 0.3) is 0 Å². The minimum Gasteiger partial charge on any atom is -0.312 e. The SMILES string of the molecule is CC[C@@H](Sc1nncn1C)C(=O)N1c2ccccc2Sc2ccccc21. The van der Waals surface area contributed by atoms with E-state index in [0.29, 0.717) is 6.42 Å². The van der Waals surface area contributed by atoms with Gasteiger partial charge in [-0.1, -0.05) is 54.7 Å². The monoisotopic (exact) mass is 382 g/mol. The fourth-order valence-corrected chi connectivity index (χ4v) is 4.89. The summed E-state index contributed by atoms with van der Waals surface area (Å²) in [5.41, 5.74) is 1.89. The molecule has 0 N–H and O–H groups in total. The molecule has 1 aliphatic rings. The molecule has 0 saturated carbocycles. The summed E-state index contributed by atoms with van der Waals surface area (Å²) in [6, 6.07) is 16.1. The second-order valence-corrected chi connectivity index (χ2v) is 8.20. The van der Waals surface area contributed by atoms with Crippen LogP contribution in [0.15, 0.2) is 69.8 Å². The molecular formula is C19H18N4OS2. The lowest BCUT2D eigenvalue weighted by Crippen LogP contribution is -2.35. The van der Waals surface area contributed by atoms with E-state index in [4.69, 9.17) is 0 Å². The number of amides is 1. The fourth-order valence-electron chi connectivity index (χ4n) is 2.90. The molecule has 26 heavy (non-hydrogen) atoms. The van der Waals surface area contributed by atoms with Crippen molar-refractivity contribution >= 4 is 40.8 Å². The lowest BCUT2D eigenvalue weighted by Gasteiger charge is -2.33. The van der Waals surface area contributed by atoms with Crippen molar-refractivity contribution in [1.29, 1.82) is 0 Å². The summed E-state index contributed by atoms with van der Waals surface area (Å²) in [6.07, 6.45) is 2.37. The van der Waals surface area contributed by atoms with E-state index in [2.05, 4.69) is 22.3 Å². The van der Waals surface area contributed by atoms with Gasteiger partial charge in [0, 0.05) is 16.8 Å². The Morgan fingerprint density at radius 2 is 1.73 bits per heavy atom. The summed E-state index contributed by atoms with van der Waals surface area (Å²) >= 11 is 3.17. The third-order valence-corrected chi connectivity index (χ3v) is 6.75. The first-order valence-electron chi connectivity index (χ1n) is 8.39. The average molecular weight is 383 g/mol. The van der Waals surface area contributed by atoms with Crippen LogP contribution in [0.4, 0.5) is 11.4 Å². The zero-order valence-electron chi connectivity index (χ0n) is 14.5. The van der Waals surface area contributed by atoms with Gasteiger partial charge in [0.1, 0.15) is 6.33 Å². The van der Waals surface area contributed by atoms with E-state index in [-0.39, 0.29) is 11.2 Å². The molecule has 1 aliphatic heterocycles. The second kappa shape index (κ2) is 7.17. The molecule has 0 fully saturated rings. The van der Waals surface area contributed by atoms with Crippen LogP contribution in [0.2, 0.25) is 0 Å². The summed E-state index contributed by atoms with van der Waals surface area (Å²) in [7, 11) is 1.89. The van der Waals surface area contributed by atoms with Crippen LogP contribution in [0.5, 0.6) is 0 Å². The number of rotatable bonds is 4. The lowest BCUT2D eigenvalue weighted by atomic mass is 10.2. The molecule has 0 aliphatic carbocycles. The van der Waals surface area contributed by atoms with E-state index in [1.165, 1.54) is 11.8 Å². The Morgan fingerprint density at radius 3 is 2.27 bits per heavy atom. The third kappa shape index (κ3) is 3.01. The van der Waals surface area contributed by atoms with Crippen molar-refractivity contribution in [1.82, 2.24) is 14.8 Å². The molecule has 4 rings (SSSR count). The van der Waals surface area contributed by atoms with Gasteiger partial charge >= 0.3 is 0 Å². The van der Waals surface area contributed by atoms with Crippen LogP contribution in [-0.2, 0) is 11.8 Å². The van der Waals surface area contributed by atoms with Gasteiger partial charge in [0.05, 0.1) is 16.6 Å². The Labute approximate surface area is 160 Å². The standard InChI is InChI=1S/C19H18N4OS2/c1-3-15(26-19-21-20-12-22(19)2)18(24)23-13-8-4-6-10-16(13)25-17-11-7-5-9-14(17)23/h4-12,15H,3H2,1-2H3/t15-/m1/s1. The molecule has 0 radical (unpaired) electrons. The number of hydrogen-bond donors (Lipinski definition) is 0. The summed E-state index contributed by atoms with van der Waals surface area (Å²) in [6.45, 7) is 2.03. The summed E-state index contributed by atoms with van der Waals surface area (Å²) in [5.74, 6) is 0.0701. The van der Waals surface area contributed by atoms with Gasteiger partial charge < -0.3 is 4.57 Å². The smallest absolute Gasteiger partial charge is 0.245 e. The summed E-state index contributed by atoms with van der Waals surface area (Å²) < 4.78 is 1.84. The Bertz CT molecular complexity index is 910. The number of fused-ring (bicyclic) bond motifs is 2. The highest BCUT2D eigenvalue weighted by Gasteiger charge is 2.32. The maximum Gasteiger partial charge on any atom is 0.245 e. The Balaban J connectivity index is 1.74. The molecule has 5 nitrogen and oxygen atoms in total. The van der Waals surface area contributed by atoms with E-state index in [9.17, 15) is 4.79 Å². The van der Waals surface area contributed by atoms with Crippen LogP contribution < -0.4 is 4.90 Å². The summed E-state index contributed by atoms with van der Waals surface area (Å²) in [5, 5.41) is 8.55. The highest BCUT2D eigenvalue weighted by Crippen LogP contribution is 2.48. The summed E-state index contributed by atoms with van der Waals surface area (Å²) in [4.78, 5) is 17.6. The first-order chi connectivity index (χ1) is 12.7. The molecular weight excluding hydrogens is 364 g/mol. The molecule has 7 heteroatoms. The first kappa shape index (κ1) is 17.2. The lowest BCUT2D eigenvalue weighted by molar-refractivity contribution is -0.117. The second-order valence-electron chi connectivity index (χ2n) is 5.95. The molecule has 0 saturated heterocycles. The number of hydrogen-bond acceptors (Lipinski definition) is 5. The number of carbonyl (C=O) groups excluding carboxylic acids is 1. The van der Waals surface area contributed by atoms with Crippen molar-refractivity contribution in [3.05, 3.63) is 54.9 Å². The van der Waals surface area contributed by atoms with Crippen molar-refractivity contribution in [3.8, 4) is 0 Å². The van der Waals surface area contributed by atoms with Crippen LogP contribution in [0, 0.1) is 0 Å².